The number of benzene rings is 3. The van der Waals surface area contributed by atoms with E-state index in [0.717, 1.165) is 5.56 Å². The van der Waals surface area contributed by atoms with Gasteiger partial charge < -0.3 is 14.8 Å². The van der Waals surface area contributed by atoms with Crippen molar-refractivity contribution in [1.29, 1.82) is 0 Å². The molecule has 0 atom stereocenters. The molecule has 0 aliphatic carbocycles. The quantitative estimate of drug-likeness (QED) is 0.386. The summed E-state index contributed by atoms with van der Waals surface area (Å²) in [6.45, 7) is 0.227. The molecule has 31 heavy (non-hydrogen) atoms. The Kier molecular flexibility index (Phi) is 7.45. The largest absolute Gasteiger partial charge is 0.497 e. The number of amides is 1. The first-order valence-corrected chi connectivity index (χ1v) is 9.91. The summed E-state index contributed by atoms with van der Waals surface area (Å²) in [6, 6.07) is 18.8. The Morgan fingerprint density at radius 1 is 1.10 bits per heavy atom. The molecular formula is C23H21ClN2O5. The predicted molar refractivity (Wildman–Crippen MR) is 119 cm³/mol. The van der Waals surface area contributed by atoms with Gasteiger partial charge in [-0.05, 0) is 47.9 Å². The van der Waals surface area contributed by atoms with Gasteiger partial charge in [0, 0.05) is 29.3 Å². The van der Waals surface area contributed by atoms with Crippen molar-refractivity contribution in [3.8, 4) is 22.6 Å². The van der Waals surface area contributed by atoms with Crippen LogP contribution in [0.15, 0.2) is 66.7 Å². The van der Waals surface area contributed by atoms with Crippen molar-refractivity contribution in [2.24, 2.45) is 0 Å². The molecule has 0 aliphatic rings. The number of nitro benzene ring substituents is 1. The van der Waals surface area contributed by atoms with Crippen LogP contribution in [0.5, 0.6) is 11.5 Å². The average molecular weight is 441 g/mol. The van der Waals surface area contributed by atoms with Gasteiger partial charge in [-0.1, -0.05) is 35.9 Å². The Hall–Kier alpha value is -3.58. The van der Waals surface area contributed by atoms with Crippen LogP contribution < -0.4 is 14.8 Å². The second-order valence-corrected chi connectivity index (χ2v) is 7.12. The van der Waals surface area contributed by atoms with Crippen molar-refractivity contribution in [3.63, 3.8) is 0 Å². The van der Waals surface area contributed by atoms with Crippen molar-refractivity contribution in [1.82, 2.24) is 5.32 Å². The highest BCUT2D eigenvalue weighted by atomic mass is 35.5. The van der Waals surface area contributed by atoms with Crippen molar-refractivity contribution in [2.45, 2.75) is 6.42 Å². The van der Waals surface area contributed by atoms with Crippen LogP contribution in [0, 0.1) is 10.1 Å². The number of rotatable bonds is 9. The van der Waals surface area contributed by atoms with Gasteiger partial charge in [0.1, 0.15) is 11.5 Å². The van der Waals surface area contributed by atoms with E-state index in [4.69, 9.17) is 21.1 Å². The van der Waals surface area contributed by atoms with Crippen LogP contribution in [0.25, 0.3) is 11.1 Å². The third kappa shape index (κ3) is 6.20. The fraction of sp³-hybridized carbons (Fsp3) is 0.174. The minimum atomic E-state index is -0.473. The smallest absolute Gasteiger partial charge is 0.270 e. The van der Waals surface area contributed by atoms with Gasteiger partial charge in [-0.2, -0.15) is 0 Å². The summed E-state index contributed by atoms with van der Waals surface area (Å²) < 4.78 is 10.8. The minimum absolute atomic E-state index is 0.0656. The van der Waals surface area contributed by atoms with Crippen molar-refractivity contribution >= 4 is 23.2 Å². The van der Waals surface area contributed by atoms with Gasteiger partial charge in [-0.3, -0.25) is 14.9 Å². The maximum atomic E-state index is 12.2. The molecule has 1 amide bonds. The molecule has 0 radical (unpaired) electrons. The lowest BCUT2D eigenvalue weighted by molar-refractivity contribution is -0.384. The Morgan fingerprint density at radius 2 is 1.87 bits per heavy atom. The van der Waals surface area contributed by atoms with Crippen molar-refractivity contribution < 1.29 is 19.2 Å². The van der Waals surface area contributed by atoms with Crippen molar-refractivity contribution in [3.05, 3.63) is 87.4 Å². The number of hydrogen-bond donors (Lipinski definition) is 1. The van der Waals surface area contributed by atoms with Crippen LogP contribution in [0.4, 0.5) is 5.69 Å². The summed E-state index contributed by atoms with van der Waals surface area (Å²) in [4.78, 5) is 22.9. The molecule has 0 fully saturated rings. The molecule has 3 aromatic carbocycles. The molecule has 0 spiro atoms. The number of nitrogens with zero attached hydrogens (tertiary/aromatic N) is 1. The maximum Gasteiger partial charge on any atom is 0.270 e. The highest BCUT2D eigenvalue weighted by molar-refractivity contribution is 6.30. The molecule has 3 rings (SSSR count). The maximum absolute atomic E-state index is 12.2. The molecule has 0 unspecified atom stereocenters. The van der Waals surface area contributed by atoms with E-state index in [2.05, 4.69) is 5.32 Å². The van der Waals surface area contributed by atoms with Gasteiger partial charge in [-0.25, -0.2) is 0 Å². The summed E-state index contributed by atoms with van der Waals surface area (Å²) in [5.74, 6) is 0.748. The second kappa shape index (κ2) is 10.4. The van der Waals surface area contributed by atoms with E-state index in [1.165, 1.54) is 18.2 Å². The van der Waals surface area contributed by atoms with E-state index < -0.39 is 4.92 Å². The first kappa shape index (κ1) is 22.1. The molecule has 0 bridgehead atoms. The number of halogens is 1. The van der Waals surface area contributed by atoms with Gasteiger partial charge >= 0.3 is 0 Å². The zero-order valence-corrected chi connectivity index (χ0v) is 17.6. The molecule has 7 nitrogen and oxygen atoms in total. The molecule has 0 saturated heterocycles. The number of nitrogens with one attached hydrogen (secondary N) is 1. The first-order valence-electron chi connectivity index (χ1n) is 9.53. The summed E-state index contributed by atoms with van der Waals surface area (Å²) in [6.07, 6.45) is 0.640. The topological polar surface area (TPSA) is 90.7 Å². The lowest BCUT2D eigenvalue weighted by atomic mass is 10.0. The molecule has 8 heteroatoms. The van der Waals surface area contributed by atoms with E-state index in [-0.39, 0.29) is 18.2 Å². The standard InChI is InChI=1S/C23H21ClN2O5/c1-30-20-8-5-17(6-9-20)21-14-19(26(28)29)7-10-22(21)31-15-23(27)25-12-11-16-3-2-4-18(24)13-16/h2-10,13-14H,11-12,15H2,1H3,(H,25,27). The summed E-state index contributed by atoms with van der Waals surface area (Å²) in [7, 11) is 1.56. The number of nitro groups is 1. The molecule has 0 aromatic heterocycles. The molecule has 160 valence electrons. The molecule has 0 saturated carbocycles. The molecule has 0 heterocycles. The predicted octanol–water partition coefficient (Wildman–Crippen LogP) is 4.66. The monoisotopic (exact) mass is 440 g/mol. The van der Waals surface area contributed by atoms with Gasteiger partial charge in [0.2, 0.25) is 0 Å². The number of non-ortho nitro benzene ring substituents is 1. The van der Waals surface area contributed by atoms with Gasteiger partial charge in [0.25, 0.3) is 11.6 Å². The van der Waals surface area contributed by atoms with E-state index >= 15 is 0 Å². The number of carbonyl (C=O) groups is 1. The van der Waals surface area contributed by atoms with E-state index in [1.54, 1.807) is 37.4 Å². The Morgan fingerprint density at radius 3 is 2.55 bits per heavy atom. The summed E-state index contributed by atoms with van der Waals surface area (Å²) in [5, 5.41) is 14.6. The number of methoxy groups -OCH3 is 1. The fourth-order valence-corrected chi connectivity index (χ4v) is 3.20. The third-order valence-electron chi connectivity index (χ3n) is 4.56. The normalized spacial score (nSPS) is 10.4. The molecular weight excluding hydrogens is 420 g/mol. The van der Waals surface area contributed by atoms with Gasteiger partial charge in [0.05, 0.1) is 12.0 Å². The third-order valence-corrected chi connectivity index (χ3v) is 4.79. The zero-order chi connectivity index (χ0) is 22.2. The van der Waals surface area contributed by atoms with Crippen LogP contribution in [0.2, 0.25) is 5.02 Å². The zero-order valence-electron chi connectivity index (χ0n) is 16.8. The highest BCUT2D eigenvalue weighted by Crippen LogP contribution is 2.34. The molecule has 1 N–H and O–H groups in total. The van der Waals surface area contributed by atoms with Crippen LogP contribution in [0.1, 0.15) is 5.56 Å². The lowest BCUT2D eigenvalue weighted by Crippen LogP contribution is -2.30. The number of carbonyl (C=O) groups excluding carboxylic acids is 1. The van der Waals surface area contributed by atoms with Crippen LogP contribution in [0.3, 0.4) is 0 Å². The Bertz CT molecular complexity index is 1070. The fourth-order valence-electron chi connectivity index (χ4n) is 2.99. The van der Waals surface area contributed by atoms with E-state index in [9.17, 15) is 14.9 Å². The number of ether oxygens (including phenoxy) is 2. The van der Waals surface area contributed by atoms with Gasteiger partial charge in [0.15, 0.2) is 6.61 Å². The summed E-state index contributed by atoms with van der Waals surface area (Å²) >= 11 is 5.96. The molecule has 3 aromatic rings. The Labute approximate surface area is 184 Å². The van der Waals surface area contributed by atoms with Gasteiger partial charge in [-0.15, -0.1) is 0 Å². The van der Waals surface area contributed by atoms with Crippen LogP contribution >= 0.6 is 11.6 Å². The average Bonchev–Trinajstić information content (AvgIpc) is 2.77. The summed E-state index contributed by atoms with van der Waals surface area (Å²) in [5.41, 5.74) is 2.18. The number of hydrogen-bond acceptors (Lipinski definition) is 5. The molecule has 0 aliphatic heterocycles. The lowest BCUT2D eigenvalue weighted by Gasteiger charge is -2.12. The second-order valence-electron chi connectivity index (χ2n) is 6.68. The van der Waals surface area contributed by atoms with Crippen LogP contribution in [-0.4, -0.2) is 31.1 Å². The van der Waals surface area contributed by atoms with Crippen LogP contribution in [-0.2, 0) is 11.2 Å². The first-order chi connectivity index (χ1) is 15.0. The SMILES string of the molecule is COc1ccc(-c2cc([N+](=O)[O-])ccc2OCC(=O)NCCc2cccc(Cl)c2)cc1. The minimum Gasteiger partial charge on any atom is -0.497 e. The van der Waals surface area contributed by atoms with E-state index in [1.807, 2.05) is 18.2 Å². The van der Waals surface area contributed by atoms with E-state index in [0.29, 0.717) is 40.6 Å². The Balaban J connectivity index is 1.65. The van der Waals surface area contributed by atoms with Crippen molar-refractivity contribution in [2.75, 3.05) is 20.3 Å². The highest BCUT2D eigenvalue weighted by Gasteiger charge is 2.15.